The minimum atomic E-state index is -0.159. The predicted octanol–water partition coefficient (Wildman–Crippen LogP) is 3.50. The molecule has 0 heterocycles. The SMILES string of the molecule is COc1cc(C(=O)N[C@@H](C)c2ccccc2)cc(OC)c1C. The first-order chi connectivity index (χ1) is 10.6. The van der Waals surface area contributed by atoms with Gasteiger partial charge in [-0.3, -0.25) is 4.79 Å². The van der Waals surface area contributed by atoms with Gasteiger partial charge in [0.05, 0.1) is 20.3 Å². The second-order valence-corrected chi connectivity index (χ2v) is 5.11. The molecule has 116 valence electrons. The van der Waals surface area contributed by atoms with Gasteiger partial charge in [-0.1, -0.05) is 30.3 Å². The van der Waals surface area contributed by atoms with Crippen molar-refractivity contribution in [2.75, 3.05) is 14.2 Å². The van der Waals surface area contributed by atoms with Gasteiger partial charge in [-0.15, -0.1) is 0 Å². The van der Waals surface area contributed by atoms with Crippen LogP contribution >= 0.6 is 0 Å². The lowest BCUT2D eigenvalue weighted by molar-refractivity contribution is 0.0939. The van der Waals surface area contributed by atoms with E-state index in [2.05, 4.69) is 5.32 Å². The van der Waals surface area contributed by atoms with Crippen LogP contribution in [0.4, 0.5) is 0 Å². The topological polar surface area (TPSA) is 47.6 Å². The van der Waals surface area contributed by atoms with Gasteiger partial charge in [0.2, 0.25) is 0 Å². The van der Waals surface area contributed by atoms with Crippen LogP contribution in [0.15, 0.2) is 42.5 Å². The van der Waals surface area contributed by atoms with E-state index in [-0.39, 0.29) is 11.9 Å². The van der Waals surface area contributed by atoms with E-state index in [4.69, 9.17) is 9.47 Å². The number of methoxy groups -OCH3 is 2. The van der Waals surface area contributed by atoms with E-state index < -0.39 is 0 Å². The van der Waals surface area contributed by atoms with E-state index in [9.17, 15) is 4.79 Å². The Labute approximate surface area is 131 Å². The number of benzene rings is 2. The molecule has 0 saturated heterocycles. The van der Waals surface area contributed by atoms with E-state index in [0.29, 0.717) is 17.1 Å². The highest BCUT2D eigenvalue weighted by atomic mass is 16.5. The first kappa shape index (κ1) is 15.9. The van der Waals surface area contributed by atoms with Crippen LogP contribution in [0.1, 0.15) is 34.5 Å². The van der Waals surface area contributed by atoms with Gasteiger partial charge in [0.15, 0.2) is 0 Å². The number of amides is 1. The zero-order valence-corrected chi connectivity index (χ0v) is 13.3. The highest BCUT2D eigenvalue weighted by Gasteiger charge is 2.15. The van der Waals surface area contributed by atoms with Crippen LogP contribution in [-0.2, 0) is 0 Å². The molecular formula is C18H21NO3. The Hall–Kier alpha value is -2.49. The van der Waals surface area contributed by atoms with Crippen LogP contribution in [-0.4, -0.2) is 20.1 Å². The summed E-state index contributed by atoms with van der Waals surface area (Å²) in [5, 5.41) is 2.98. The lowest BCUT2D eigenvalue weighted by Gasteiger charge is -2.16. The van der Waals surface area contributed by atoms with Crippen molar-refractivity contribution >= 4 is 5.91 Å². The van der Waals surface area contributed by atoms with Crippen LogP contribution < -0.4 is 14.8 Å². The van der Waals surface area contributed by atoms with Crippen LogP contribution in [0.2, 0.25) is 0 Å². The lowest BCUT2D eigenvalue weighted by Crippen LogP contribution is -2.26. The number of nitrogens with one attached hydrogen (secondary N) is 1. The molecule has 1 N–H and O–H groups in total. The van der Waals surface area contributed by atoms with Crippen molar-refractivity contribution in [3.8, 4) is 11.5 Å². The predicted molar refractivity (Wildman–Crippen MR) is 86.6 cm³/mol. The van der Waals surface area contributed by atoms with Crippen LogP contribution in [0, 0.1) is 6.92 Å². The number of carbonyl (C=O) groups is 1. The molecule has 2 aromatic rings. The molecule has 0 radical (unpaired) electrons. The fourth-order valence-electron chi connectivity index (χ4n) is 2.32. The molecule has 4 nitrogen and oxygen atoms in total. The number of rotatable bonds is 5. The molecular weight excluding hydrogens is 278 g/mol. The Morgan fingerprint density at radius 1 is 1.05 bits per heavy atom. The van der Waals surface area contributed by atoms with Gasteiger partial charge in [-0.25, -0.2) is 0 Å². The van der Waals surface area contributed by atoms with Crippen molar-refractivity contribution in [1.82, 2.24) is 5.32 Å². The van der Waals surface area contributed by atoms with Crippen molar-refractivity contribution in [3.63, 3.8) is 0 Å². The first-order valence-corrected chi connectivity index (χ1v) is 7.15. The number of hydrogen-bond donors (Lipinski definition) is 1. The molecule has 1 amide bonds. The smallest absolute Gasteiger partial charge is 0.252 e. The van der Waals surface area contributed by atoms with Gasteiger partial charge < -0.3 is 14.8 Å². The van der Waals surface area contributed by atoms with Crippen molar-refractivity contribution < 1.29 is 14.3 Å². The third-order valence-corrected chi connectivity index (χ3v) is 3.66. The average molecular weight is 299 g/mol. The third kappa shape index (κ3) is 3.39. The fourth-order valence-corrected chi connectivity index (χ4v) is 2.32. The zero-order valence-electron chi connectivity index (χ0n) is 13.3. The van der Waals surface area contributed by atoms with Crippen LogP contribution in [0.25, 0.3) is 0 Å². The van der Waals surface area contributed by atoms with Gasteiger partial charge in [-0.2, -0.15) is 0 Å². The van der Waals surface area contributed by atoms with E-state index in [1.165, 1.54) is 0 Å². The molecule has 0 aliphatic rings. The van der Waals surface area contributed by atoms with Gasteiger partial charge in [0.25, 0.3) is 5.91 Å². The first-order valence-electron chi connectivity index (χ1n) is 7.15. The molecule has 0 saturated carbocycles. The molecule has 1 atom stereocenters. The summed E-state index contributed by atoms with van der Waals surface area (Å²) in [7, 11) is 3.16. The average Bonchev–Trinajstić information content (AvgIpc) is 2.55. The molecule has 0 aliphatic heterocycles. The van der Waals surface area contributed by atoms with Crippen LogP contribution in [0.3, 0.4) is 0 Å². The normalized spacial score (nSPS) is 11.6. The van der Waals surface area contributed by atoms with E-state index in [1.807, 2.05) is 44.2 Å². The van der Waals surface area contributed by atoms with Gasteiger partial charge in [0.1, 0.15) is 11.5 Å². The van der Waals surface area contributed by atoms with E-state index in [0.717, 1.165) is 11.1 Å². The zero-order chi connectivity index (χ0) is 16.1. The number of ether oxygens (including phenoxy) is 2. The third-order valence-electron chi connectivity index (χ3n) is 3.66. The number of hydrogen-bond acceptors (Lipinski definition) is 3. The Balaban J connectivity index is 2.22. The molecule has 0 spiro atoms. The highest BCUT2D eigenvalue weighted by Crippen LogP contribution is 2.29. The molecule has 0 unspecified atom stereocenters. The summed E-state index contributed by atoms with van der Waals surface area (Å²) in [6.45, 7) is 3.85. The maximum atomic E-state index is 12.5. The van der Waals surface area contributed by atoms with Gasteiger partial charge in [0, 0.05) is 11.1 Å². The molecule has 22 heavy (non-hydrogen) atoms. The van der Waals surface area contributed by atoms with Gasteiger partial charge in [-0.05, 0) is 31.5 Å². The maximum absolute atomic E-state index is 12.5. The van der Waals surface area contributed by atoms with Gasteiger partial charge >= 0.3 is 0 Å². The largest absolute Gasteiger partial charge is 0.496 e. The Kier molecular flexibility index (Phi) is 5.04. The Morgan fingerprint density at radius 2 is 1.59 bits per heavy atom. The molecule has 2 aromatic carbocycles. The van der Waals surface area contributed by atoms with Crippen molar-refractivity contribution in [2.45, 2.75) is 19.9 Å². The molecule has 0 bridgehead atoms. The summed E-state index contributed by atoms with van der Waals surface area (Å²) in [6, 6.07) is 13.2. The minimum Gasteiger partial charge on any atom is -0.496 e. The van der Waals surface area contributed by atoms with Crippen molar-refractivity contribution in [1.29, 1.82) is 0 Å². The molecule has 0 aromatic heterocycles. The second kappa shape index (κ2) is 6.98. The summed E-state index contributed by atoms with van der Waals surface area (Å²) < 4.78 is 10.6. The Bertz CT molecular complexity index is 628. The van der Waals surface area contributed by atoms with E-state index >= 15 is 0 Å². The monoisotopic (exact) mass is 299 g/mol. The Morgan fingerprint density at radius 3 is 2.09 bits per heavy atom. The summed E-state index contributed by atoms with van der Waals surface area (Å²) >= 11 is 0. The fraction of sp³-hybridized carbons (Fsp3) is 0.278. The molecule has 2 rings (SSSR count). The summed E-state index contributed by atoms with van der Waals surface area (Å²) in [5.74, 6) is 1.11. The summed E-state index contributed by atoms with van der Waals surface area (Å²) in [4.78, 5) is 12.5. The molecule has 4 heteroatoms. The van der Waals surface area contributed by atoms with Crippen molar-refractivity contribution in [2.24, 2.45) is 0 Å². The minimum absolute atomic E-state index is 0.0769. The maximum Gasteiger partial charge on any atom is 0.252 e. The quantitative estimate of drug-likeness (QED) is 0.919. The van der Waals surface area contributed by atoms with E-state index in [1.54, 1.807) is 26.4 Å². The van der Waals surface area contributed by atoms with Crippen LogP contribution in [0.5, 0.6) is 11.5 Å². The number of carbonyl (C=O) groups excluding carboxylic acids is 1. The molecule has 0 fully saturated rings. The molecule has 0 aliphatic carbocycles. The van der Waals surface area contributed by atoms with Crippen molar-refractivity contribution in [3.05, 3.63) is 59.2 Å². The summed E-state index contributed by atoms with van der Waals surface area (Å²) in [6.07, 6.45) is 0. The standard InChI is InChI=1S/C18H21NO3/c1-12-16(21-3)10-15(11-17(12)22-4)18(20)19-13(2)14-8-6-5-7-9-14/h5-11,13H,1-4H3,(H,19,20)/t13-/m0/s1. The highest BCUT2D eigenvalue weighted by molar-refractivity contribution is 5.95. The second-order valence-electron chi connectivity index (χ2n) is 5.11. The lowest BCUT2D eigenvalue weighted by atomic mass is 10.1. The summed E-state index contributed by atoms with van der Waals surface area (Å²) in [5.41, 5.74) is 2.45.